The number of aromatic nitrogens is 4. The zero-order chi connectivity index (χ0) is 35.6. The Morgan fingerprint density at radius 3 is 1.83 bits per heavy atom. The van der Waals surface area contributed by atoms with Crippen LogP contribution in [0, 0.1) is 0 Å². The van der Waals surface area contributed by atoms with Gasteiger partial charge in [0, 0.05) is 42.4 Å². The third-order valence-electron chi connectivity index (χ3n) is 10.1. The molecule has 0 saturated heterocycles. The van der Waals surface area contributed by atoms with E-state index in [2.05, 4.69) is 127 Å². The lowest BCUT2D eigenvalue weighted by Gasteiger charge is -2.13. The number of nitrogens with zero attached hydrogens (tertiary/aromatic N) is 4. The maximum atomic E-state index is 6.47. The largest absolute Gasteiger partial charge is 0.436 e. The summed E-state index contributed by atoms with van der Waals surface area (Å²) in [6.45, 7) is 0. The quantitative estimate of drug-likeness (QED) is 0.178. The molecule has 11 aromatic rings. The van der Waals surface area contributed by atoms with Gasteiger partial charge in [0.2, 0.25) is 5.89 Å². The fourth-order valence-corrected chi connectivity index (χ4v) is 8.68. The second kappa shape index (κ2) is 12.3. The van der Waals surface area contributed by atoms with Crippen LogP contribution in [0.2, 0.25) is 0 Å². The van der Waals surface area contributed by atoms with Crippen molar-refractivity contribution in [2.24, 2.45) is 0 Å². The van der Waals surface area contributed by atoms with Gasteiger partial charge in [-0.05, 0) is 75.1 Å². The SMILES string of the molecule is c1ccc(-c2nc(-c3cc(-c4ccccc4)c4ccccc4c3)nc(-c3ccc4c(-c5nc6c(ccc7sc8ccccc8c76)o5)cccc4c3)n2)cc1. The van der Waals surface area contributed by atoms with E-state index < -0.39 is 0 Å². The molecule has 3 aromatic heterocycles. The Bertz CT molecular complexity index is 3220. The Morgan fingerprint density at radius 1 is 0.389 bits per heavy atom. The Hall–Kier alpha value is -7.02. The average molecular weight is 709 g/mol. The molecule has 0 unspecified atom stereocenters. The number of oxazole rings is 1. The minimum absolute atomic E-state index is 0.602. The number of benzene rings is 8. The minimum atomic E-state index is 0.602. The van der Waals surface area contributed by atoms with Crippen LogP contribution in [0.1, 0.15) is 0 Å². The Labute approximate surface area is 313 Å². The lowest BCUT2D eigenvalue weighted by atomic mass is 9.95. The maximum Gasteiger partial charge on any atom is 0.227 e. The summed E-state index contributed by atoms with van der Waals surface area (Å²) in [5.74, 6) is 2.45. The van der Waals surface area contributed by atoms with Gasteiger partial charge in [-0.3, -0.25) is 0 Å². The highest BCUT2D eigenvalue weighted by atomic mass is 32.1. The van der Waals surface area contributed by atoms with Crippen molar-refractivity contribution >= 4 is 64.2 Å². The highest BCUT2D eigenvalue weighted by Gasteiger charge is 2.19. The highest BCUT2D eigenvalue weighted by molar-refractivity contribution is 7.26. The van der Waals surface area contributed by atoms with Crippen molar-refractivity contribution in [3.63, 3.8) is 0 Å². The van der Waals surface area contributed by atoms with Crippen molar-refractivity contribution in [3.05, 3.63) is 170 Å². The minimum Gasteiger partial charge on any atom is -0.436 e. The van der Waals surface area contributed by atoms with Crippen LogP contribution >= 0.6 is 11.3 Å². The second-order valence-corrected chi connectivity index (χ2v) is 14.5. The van der Waals surface area contributed by atoms with E-state index in [0.717, 1.165) is 66.0 Å². The smallest absolute Gasteiger partial charge is 0.227 e. The van der Waals surface area contributed by atoms with Gasteiger partial charge in [-0.25, -0.2) is 19.9 Å². The number of rotatable bonds is 5. The van der Waals surface area contributed by atoms with Crippen LogP contribution in [0.25, 0.3) is 110 Å². The van der Waals surface area contributed by atoms with Gasteiger partial charge < -0.3 is 4.42 Å². The lowest BCUT2D eigenvalue weighted by molar-refractivity contribution is 0.621. The second-order valence-electron chi connectivity index (χ2n) is 13.4. The van der Waals surface area contributed by atoms with Gasteiger partial charge in [0.05, 0.1) is 0 Å². The molecular weight excluding hydrogens is 681 g/mol. The average Bonchev–Trinajstić information content (AvgIpc) is 3.85. The van der Waals surface area contributed by atoms with Crippen LogP contribution in [0.15, 0.2) is 174 Å². The van der Waals surface area contributed by atoms with Gasteiger partial charge in [0.25, 0.3) is 0 Å². The molecule has 54 heavy (non-hydrogen) atoms. The van der Waals surface area contributed by atoms with Gasteiger partial charge in [-0.15, -0.1) is 11.3 Å². The standard InChI is InChI=1S/C48H28N4OS/c1-3-12-29(13-4-1)39-28-34(27-31-16-7-8-18-35(31)39)47-51-45(30-14-5-2-6-15-30)50-46(52-47)33-22-23-36-32(26-33)17-11-20-37(36)48-49-44-40(53-48)24-25-42-43(44)38-19-9-10-21-41(38)54-42/h1-28H. The zero-order valence-corrected chi connectivity index (χ0v) is 29.6. The van der Waals surface area contributed by atoms with Crippen molar-refractivity contribution in [2.75, 3.05) is 0 Å². The molecule has 6 heteroatoms. The van der Waals surface area contributed by atoms with Gasteiger partial charge in [0.1, 0.15) is 5.52 Å². The normalized spacial score (nSPS) is 11.7. The third-order valence-corrected chi connectivity index (χ3v) is 11.3. The summed E-state index contributed by atoms with van der Waals surface area (Å²) in [6.07, 6.45) is 0. The monoisotopic (exact) mass is 708 g/mol. The van der Waals surface area contributed by atoms with Crippen molar-refractivity contribution in [1.29, 1.82) is 0 Å². The Balaban J connectivity index is 1.06. The molecule has 11 rings (SSSR count). The number of thiophene rings is 1. The van der Waals surface area contributed by atoms with E-state index in [1.54, 1.807) is 11.3 Å². The Morgan fingerprint density at radius 2 is 1.02 bits per heavy atom. The van der Waals surface area contributed by atoms with E-state index >= 15 is 0 Å². The molecule has 8 aromatic carbocycles. The molecule has 0 bridgehead atoms. The molecule has 5 nitrogen and oxygen atoms in total. The summed E-state index contributed by atoms with van der Waals surface area (Å²) < 4.78 is 8.92. The molecule has 0 radical (unpaired) electrons. The van der Waals surface area contributed by atoms with E-state index in [1.165, 1.54) is 20.2 Å². The highest BCUT2D eigenvalue weighted by Crippen LogP contribution is 2.41. The molecule has 0 spiro atoms. The summed E-state index contributed by atoms with van der Waals surface area (Å²) in [7, 11) is 0. The van der Waals surface area contributed by atoms with Crippen LogP contribution in [-0.2, 0) is 0 Å². The number of hydrogen-bond donors (Lipinski definition) is 0. The van der Waals surface area contributed by atoms with E-state index in [0.29, 0.717) is 23.4 Å². The van der Waals surface area contributed by atoms with Crippen molar-refractivity contribution in [3.8, 4) is 56.7 Å². The first-order valence-electron chi connectivity index (χ1n) is 17.9. The van der Waals surface area contributed by atoms with Crippen LogP contribution in [0.5, 0.6) is 0 Å². The first kappa shape index (κ1) is 30.6. The molecule has 0 N–H and O–H groups in total. The molecule has 0 saturated carbocycles. The summed E-state index contributed by atoms with van der Waals surface area (Å²) in [5.41, 5.74) is 7.65. The van der Waals surface area contributed by atoms with Crippen molar-refractivity contribution in [2.45, 2.75) is 0 Å². The van der Waals surface area contributed by atoms with Gasteiger partial charge >= 0.3 is 0 Å². The summed E-state index contributed by atoms with van der Waals surface area (Å²) in [6, 6.07) is 58.7. The first-order valence-corrected chi connectivity index (χ1v) is 18.7. The van der Waals surface area contributed by atoms with Crippen LogP contribution in [0.3, 0.4) is 0 Å². The van der Waals surface area contributed by atoms with Crippen LogP contribution in [-0.4, -0.2) is 19.9 Å². The van der Waals surface area contributed by atoms with Gasteiger partial charge in [-0.1, -0.05) is 127 Å². The fraction of sp³-hybridized carbons (Fsp3) is 0. The molecule has 0 aliphatic carbocycles. The maximum absolute atomic E-state index is 6.47. The van der Waals surface area contributed by atoms with E-state index in [4.69, 9.17) is 24.4 Å². The molecule has 0 aliphatic rings. The van der Waals surface area contributed by atoms with Crippen LogP contribution < -0.4 is 0 Å². The summed E-state index contributed by atoms with van der Waals surface area (Å²) >= 11 is 1.78. The van der Waals surface area contributed by atoms with Gasteiger partial charge in [-0.2, -0.15) is 0 Å². The topological polar surface area (TPSA) is 64.7 Å². The zero-order valence-electron chi connectivity index (χ0n) is 28.8. The summed E-state index contributed by atoms with van der Waals surface area (Å²) in [5, 5.41) is 6.74. The molecular formula is C48H28N4OS. The first-order chi connectivity index (χ1) is 26.7. The Kier molecular flexibility index (Phi) is 6.97. The molecule has 0 aliphatic heterocycles. The molecule has 3 heterocycles. The van der Waals surface area contributed by atoms with E-state index in [1.807, 2.05) is 42.5 Å². The van der Waals surface area contributed by atoms with E-state index in [-0.39, 0.29) is 0 Å². The third kappa shape index (κ3) is 5.07. The lowest BCUT2D eigenvalue weighted by Crippen LogP contribution is -2.00. The van der Waals surface area contributed by atoms with Crippen molar-refractivity contribution < 1.29 is 4.42 Å². The van der Waals surface area contributed by atoms with Crippen molar-refractivity contribution in [1.82, 2.24) is 19.9 Å². The summed E-state index contributed by atoms with van der Waals surface area (Å²) in [4.78, 5) is 20.4. The van der Waals surface area contributed by atoms with Crippen LogP contribution in [0.4, 0.5) is 0 Å². The van der Waals surface area contributed by atoms with Gasteiger partial charge in [0.15, 0.2) is 23.1 Å². The number of hydrogen-bond acceptors (Lipinski definition) is 6. The molecule has 0 amide bonds. The fourth-order valence-electron chi connectivity index (χ4n) is 7.57. The predicted molar refractivity (Wildman–Crippen MR) is 222 cm³/mol. The van der Waals surface area contributed by atoms with E-state index in [9.17, 15) is 0 Å². The number of fused-ring (bicyclic) bond motifs is 7. The molecule has 0 atom stereocenters. The predicted octanol–water partition coefficient (Wildman–Crippen LogP) is 13.0. The molecule has 252 valence electrons. The molecule has 0 fully saturated rings.